The Morgan fingerprint density at radius 3 is 2.50 bits per heavy atom. The van der Waals surface area contributed by atoms with Crippen molar-refractivity contribution in [2.45, 2.75) is 18.8 Å². The summed E-state index contributed by atoms with van der Waals surface area (Å²) < 4.78 is 5.24. The number of hydrogen-bond acceptors (Lipinski definition) is 3. The Bertz CT molecular complexity index is 704. The summed E-state index contributed by atoms with van der Waals surface area (Å²) in [4.78, 5) is 14.6. The number of carbonyl (C=O) groups excluding carboxylic acids is 1. The monoisotopic (exact) mass is 374 g/mol. The zero-order valence-electron chi connectivity index (χ0n) is 15.7. The standard InChI is InChI=1S/C21H27ClN2O2/c1-24(2)13-7-12-23-21(25)15-18(16-8-5-4-6-9-16)17-10-11-20(26-3)19(22)14-17/h4-6,8-11,14,18H,7,12-13,15H2,1-3H3,(H,23,25). The van der Waals surface area contributed by atoms with Gasteiger partial charge in [-0.25, -0.2) is 0 Å². The van der Waals surface area contributed by atoms with Gasteiger partial charge in [-0.2, -0.15) is 0 Å². The molecule has 0 radical (unpaired) electrons. The first-order chi connectivity index (χ1) is 12.5. The van der Waals surface area contributed by atoms with Gasteiger partial charge in [0.2, 0.25) is 5.91 Å². The van der Waals surface area contributed by atoms with E-state index in [0.29, 0.717) is 23.7 Å². The van der Waals surface area contributed by atoms with Gasteiger partial charge < -0.3 is 15.0 Å². The normalized spacial score (nSPS) is 12.0. The van der Waals surface area contributed by atoms with Gasteiger partial charge >= 0.3 is 0 Å². The third kappa shape index (κ3) is 6.04. The molecule has 0 aliphatic rings. The van der Waals surface area contributed by atoms with Crippen molar-refractivity contribution in [2.24, 2.45) is 0 Å². The fourth-order valence-electron chi connectivity index (χ4n) is 2.89. The lowest BCUT2D eigenvalue weighted by Crippen LogP contribution is -2.28. The Hall–Kier alpha value is -2.04. The van der Waals surface area contributed by atoms with Crippen LogP contribution in [0.1, 0.15) is 29.9 Å². The number of carbonyl (C=O) groups is 1. The molecular weight excluding hydrogens is 348 g/mol. The number of benzene rings is 2. The van der Waals surface area contributed by atoms with Crippen molar-refractivity contribution in [3.05, 3.63) is 64.7 Å². The third-order valence-electron chi connectivity index (χ3n) is 4.27. The largest absolute Gasteiger partial charge is 0.495 e. The van der Waals surface area contributed by atoms with E-state index in [1.54, 1.807) is 7.11 Å². The van der Waals surface area contributed by atoms with Crippen LogP contribution < -0.4 is 10.1 Å². The van der Waals surface area contributed by atoms with E-state index in [4.69, 9.17) is 16.3 Å². The summed E-state index contributed by atoms with van der Waals surface area (Å²) in [7, 11) is 5.65. The van der Waals surface area contributed by atoms with Gasteiger partial charge in [0.05, 0.1) is 12.1 Å². The highest BCUT2D eigenvalue weighted by Gasteiger charge is 2.19. The molecule has 0 spiro atoms. The zero-order valence-corrected chi connectivity index (χ0v) is 16.4. The molecule has 0 bridgehead atoms. The average molecular weight is 375 g/mol. The lowest BCUT2D eigenvalue weighted by molar-refractivity contribution is -0.121. The summed E-state index contributed by atoms with van der Waals surface area (Å²) in [5.74, 6) is 0.633. The van der Waals surface area contributed by atoms with Gasteiger partial charge in [0.15, 0.2) is 0 Å². The minimum atomic E-state index is -0.0477. The van der Waals surface area contributed by atoms with Crippen LogP contribution in [0.2, 0.25) is 5.02 Å². The first-order valence-electron chi connectivity index (χ1n) is 8.81. The van der Waals surface area contributed by atoms with E-state index in [2.05, 4.69) is 10.2 Å². The van der Waals surface area contributed by atoms with Gasteiger partial charge in [-0.3, -0.25) is 4.79 Å². The maximum Gasteiger partial charge on any atom is 0.220 e. The summed E-state index contributed by atoms with van der Waals surface area (Å²) in [5.41, 5.74) is 2.10. The molecule has 1 unspecified atom stereocenters. The molecule has 26 heavy (non-hydrogen) atoms. The van der Waals surface area contributed by atoms with Crippen LogP contribution in [0, 0.1) is 0 Å². The van der Waals surface area contributed by atoms with Crippen LogP contribution in [0.25, 0.3) is 0 Å². The molecule has 0 aromatic heterocycles. The highest BCUT2D eigenvalue weighted by atomic mass is 35.5. The van der Waals surface area contributed by atoms with Crippen molar-refractivity contribution in [2.75, 3.05) is 34.3 Å². The minimum Gasteiger partial charge on any atom is -0.495 e. The molecule has 5 heteroatoms. The van der Waals surface area contributed by atoms with Crippen LogP contribution in [0.5, 0.6) is 5.75 Å². The molecule has 0 fully saturated rings. The lowest BCUT2D eigenvalue weighted by atomic mass is 9.88. The van der Waals surface area contributed by atoms with Gasteiger partial charge in [-0.05, 0) is 50.3 Å². The number of nitrogens with one attached hydrogen (secondary N) is 1. The Labute approximate surface area is 161 Å². The van der Waals surface area contributed by atoms with E-state index < -0.39 is 0 Å². The first kappa shape index (κ1) is 20.3. The number of ether oxygens (including phenoxy) is 1. The number of rotatable bonds is 9. The smallest absolute Gasteiger partial charge is 0.220 e. The molecule has 2 aromatic carbocycles. The number of methoxy groups -OCH3 is 1. The molecule has 2 aromatic rings. The molecule has 4 nitrogen and oxygen atoms in total. The molecule has 1 N–H and O–H groups in total. The molecule has 0 saturated carbocycles. The van der Waals surface area contributed by atoms with Crippen molar-refractivity contribution in [3.8, 4) is 5.75 Å². The maximum absolute atomic E-state index is 12.5. The highest BCUT2D eigenvalue weighted by molar-refractivity contribution is 6.32. The second kappa shape index (κ2) is 10.2. The predicted molar refractivity (Wildman–Crippen MR) is 107 cm³/mol. The quantitative estimate of drug-likeness (QED) is 0.676. The topological polar surface area (TPSA) is 41.6 Å². The molecule has 2 rings (SSSR count). The predicted octanol–water partition coefficient (Wildman–Crippen LogP) is 3.94. The van der Waals surface area contributed by atoms with Crippen LogP contribution in [0.4, 0.5) is 0 Å². The molecule has 140 valence electrons. The van der Waals surface area contributed by atoms with E-state index in [-0.39, 0.29) is 11.8 Å². The fourth-order valence-corrected chi connectivity index (χ4v) is 3.16. The molecule has 0 saturated heterocycles. The Morgan fingerprint density at radius 2 is 1.88 bits per heavy atom. The van der Waals surface area contributed by atoms with Crippen molar-refractivity contribution in [3.63, 3.8) is 0 Å². The first-order valence-corrected chi connectivity index (χ1v) is 9.19. The number of halogens is 1. The second-order valence-electron chi connectivity index (χ2n) is 6.57. The van der Waals surface area contributed by atoms with E-state index in [1.807, 2.05) is 62.6 Å². The summed E-state index contributed by atoms with van der Waals surface area (Å²) in [6, 6.07) is 15.7. The SMILES string of the molecule is COc1ccc(C(CC(=O)NCCCN(C)C)c2ccccc2)cc1Cl. The van der Waals surface area contributed by atoms with Gasteiger partial charge in [0, 0.05) is 18.9 Å². The van der Waals surface area contributed by atoms with Gasteiger partial charge in [-0.15, -0.1) is 0 Å². The number of hydrogen-bond donors (Lipinski definition) is 1. The molecule has 1 amide bonds. The Balaban J connectivity index is 2.12. The van der Waals surface area contributed by atoms with Crippen LogP contribution in [-0.2, 0) is 4.79 Å². The number of amides is 1. The van der Waals surface area contributed by atoms with Gasteiger partial charge in [0.1, 0.15) is 5.75 Å². The van der Waals surface area contributed by atoms with Gasteiger partial charge in [-0.1, -0.05) is 48.0 Å². The molecule has 0 aliphatic carbocycles. The molecule has 0 heterocycles. The van der Waals surface area contributed by atoms with Crippen LogP contribution in [0.15, 0.2) is 48.5 Å². The van der Waals surface area contributed by atoms with Crippen LogP contribution in [0.3, 0.4) is 0 Å². The zero-order chi connectivity index (χ0) is 18.9. The molecule has 0 aliphatic heterocycles. The van der Waals surface area contributed by atoms with Crippen LogP contribution >= 0.6 is 11.6 Å². The van der Waals surface area contributed by atoms with E-state index >= 15 is 0 Å². The van der Waals surface area contributed by atoms with Crippen molar-refractivity contribution in [1.82, 2.24) is 10.2 Å². The van der Waals surface area contributed by atoms with E-state index in [9.17, 15) is 4.79 Å². The third-order valence-corrected chi connectivity index (χ3v) is 4.57. The van der Waals surface area contributed by atoms with Crippen LogP contribution in [-0.4, -0.2) is 45.1 Å². The summed E-state index contributed by atoms with van der Waals surface area (Å²) in [6.07, 6.45) is 1.32. The summed E-state index contributed by atoms with van der Waals surface area (Å²) in [5, 5.41) is 3.57. The fraction of sp³-hybridized carbons (Fsp3) is 0.381. The summed E-state index contributed by atoms with van der Waals surface area (Å²) >= 11 is 6.30. The van der Waals surface area contributed by atoms with Gasteiger partial charge in [0.25, 0.3) is 0 Å². The Morgan fingerprint density at radius 1 is 1.15 bits per heavy atom. The van der Waals surface area contributed by atoms with E-state index in [0.717, 1.165) is 24.1 Å². The minimum absolute atomic E-state index is 0.0459. The lowest BCUT2D eigenvalue weighted by Gasteiger charge is -2.19. The second-order valence-corrected chi connectivity index (χ2v) is 6.98. The van der Waals surface area contributed by atoms with Crippen molar-refractivity contribution < 1.29 is 9.53 Å². The van der Waals surface area contributed by atoms with E-state index in [1.165, 1.54) is 0 Å². The molecule has 1 atom stereocenters. The van der Waals surface area contributed by atoms with Crippen molar-refractivity contribution in [1.29, 1.82) is 0 Å². The highest BCUT2D eigenvalue weighted by Crippen LogP contribution is 2.33. The number of nitrogens with zero attached hydrogens (tertiary/aromatic N) is 1. The average Bonchev–Trinajstić information content (AvgIpc) is 2.64. The Kier molecular flexibility index (Phi) is 7.95. The molecular formula is C21H27ClN2O2. The maximum atomic E-state index is 12.5. The van der Waals surface area contributed by atoms with Crippen molar-refractivity contribution >= 4 is 17.5 Å². The summed E-state index contributed by atoms with van der Waals surface area (Å²) in [6.45, 7) is 1.64.